The van der Waals surface area contributed by atoms with Crippen LogP contribution in [0.25, 0.3) is 0 Å². The molecule has 0 saturated carbocycles. The molecule has 2 N–H and O–H groups in total. The van der Waals surface area contributed by atoms with Crippen LogP contribution in [0.5, 0.6) is 0 Å². The number of nitrogens with zero attached hydrogens (tertiary/aromatic N) is 1. The Morgan fingerprint density at radius 3 is 2.57 bits per heavy atom. The van der Waals surface area contributed by atoms with Crippen molar-refractivity contribution in [2.45, 2.75) is 44.9 Å². The molecular weight excluding hydrogens is 288 g/mol. The summed E-state index contributed by atoms with van der Waals surface area (Å²) in [7, 11) is 0. The molecule has 3 atom stereocenters. The Labute approximate surface area is 133 Å². The SMILES string of the molecule is CCC1CN(C(=O)C(C)(N)c2ccccc2)CC(C)O1.Cl. The molecule has 1 aromatic carbocycles. The van der Waals surface area contributed by atoms with E-state index in [2.05, 4.69) is 6.92 Å². The summed E-state index contributed by atoms with van der Waals surface area (Å²) in [6, 6.07) is 9.54. The third-order valence-electron chi connectivity index (χ3n) is 3.89. The van der Waals surface area contributed by atoms with E-state index in [1.807, 2.05) is 42.2 Å². The van der Waals surface area contributed by atoms with Gasteiger partial charge in [0.1, 0.15) is 5.54 Å². The molecule has 2 rings (SSSR count). The number of rotatable bonds is 3. The third kappa shape index (κ3) is 3.96. The van der Waals surface area contributed by atoms with Crippen molar-refractivity contribution in [3.05, 3.63) is 35.9 Å². The minimum Gasteiger partial charge on any atom is -0.372 e. The predicted molar refractivity (Wildman–Crippen MR) is 86.4 cm³/mol. The van der Waals surface area contributed by atoms with Gasteiger partial charge in [0.25, 0.3) is 0 Å². The smallest absolute Gasteiger partial charge is 0.247 e. The number of carbonyl (C=O) groups is 1. The number of carbonyl (C=O) groups excluding carboxylic acids is 1. The van der Waals surface area contributed by atoms with Gasteiger partial charge in [-0.15, -0.1) is 12.4 Å². The van der Waals surface area contributed by atoms with Gasteiger partial charge in [-0.25, -0.2) is 0 Å². The summed E-state index contributed by atoms with van der Waals surface area (Å²) in [5, 5.41) is 0. The first kappa shape index (κ1) is 18.0. The zero-order valence-corrected chi connectivity index (χ0v) is 13.7. The maximum Gasteiger partial charge on any atom is 0.247 e. The number of halogens is 1. The van der Waals surface area contributed by atoms with Gasteiger partial charge in [0.05, 0.1) is 12.2 Å². The van der Waals surface area contributed by atoms with Crippen molar-refractivity contribution in [1.82, 2.24) is 4.90 Å². The van der Waals surface area contributed by atoms with Crippen LogP contribution in [0.1, 0.15) is 32.8 Å². The van der Waals surface area contributed by atoms with Crippen LogP contribution in [-0.4, -0.2) is 36.1 Å². The van der Waals surface area contributed by atoms with Crippen LogP contribution in [-0.2, 0) is 15.1 Å². The Morgan fingerprint density at radius 2 is 2.00 bits per heavy atom. The van der Waals surface area contributed by atoms with Crippen LogP contribution < -0.4 is 5.73 Å². The first-order valence-corrected chi connectivity index (χ1v) is 7.24. The van der Waals surface area contributed by atoms with E-state index in [-0.39, 0.29) is 30.5 Å². The molecule has 0 aliphatic carbocycles. The minimum atomic E-state index is -0.989. The second kappa shape index (κ2) is 7.25. The molecule has 1 fully saturated rings. The predicted octanol–water partition coefficient (Wildman–Crippen LogP) is 2.31. The summed E-state index contributed by atoms with van der Waals surface area (Å²) in [6.45, 7) is 7.09. The van der Waals surface area contributed by atoms with Crippen molar-refractivity contribution >= 4 is 18.3 Å². The van der Waals surface area contributed by atoms with Crippen molar-refractivity contribution in [2.75, 3.05) is 13.1 Å². The molecule has 0 radical (unpaired) electrons. The van der Waals surface area contributed by atoms with E-state index in [1.165, 1.54) is 0 Å². The highest BCUT2D eigenvalue weighted by Gasteiger charge is 2.37. The zero-order valence-electron chi connectivity index (χ0n) is 12.9. The van der Waals surface area contributed by atoms with E-state index in [9.17, 15) is 4.79 Å². The first-order chi connectivity index (χ1) is 9.45. The molecule has 0 aromatic heterocycles. The monoisotopic (exact) mass is 312 g/mol. The highest BCUT2D eigenvalue weighted by molar-refractivity contribution is 5.87. The quantitative estimate of drug-likeness (QED) is 0.932. The highest BCUT2D eigenvalue weighted by atomic mass is 35.5. The summed E-state index contributed by atoms with van der Waals surface area (Å²) in [5.74, 6) is -0.0303. The van der Waals surface area contributed by atoms with Crippen LogP contribution in [0.3, 0.4) is 0 Å². The van der Waals surface area contributed by atoms with E-state index in [0.29, 0.717) is 13.1 Å². The van der Waals surface area contributed by atoms with Gasteiger partial charge in [0.15, 0.2) is 0 Å². The molecule has 1 aliphatic heterocycles. The fourth-order valence-electron chi connectivity index (χ4n) is 2.67. The van der Waals surface area contributed by atoms with Crippen LogP contribution in [0.2, 0.25) is 0 Å². The molecule has 0 spiro atoms. The van der Waals surface area contributed by atoms with Gasteiger partial charge in [0, 0.05) is 13.1 Å². The van der Waals surface area contributed by atoms with Crippen LogP contribution in [0.15, 0.2) is 30.3 Å². The van der Waals surface area contributed by atoms with Crippen molar-refractivity contribution < 1.29 is 9.53 Å². The second-order valence-electron chi connectivity index (χ2n) is 5.76. The summed E-state index contributed by atoms with van der Waals surface area (Å²) in [5.41, 5.74) is 6.17. The van der Waals surface area contributed by atoms with Crippen molar-refractivity contribution in [3.63, 3.8) is 0 Å². The van der Waals surface area contributed by atoms with Crippen LogP contribution in [0, 0.1) is 0 Å². The number of hydrogen-bond acceptors (Lipinski definition) is 3. The van der Waals surface area contributed by atoms with Crippen LogP contribution >= 0.6 is 12.4 Å². The van der Waals surface area contributed by atoms with Gasteiger partial charge in [-0.3, -0.25) is 4.79 Å². The van der Waals surface area contributed by atoms with Crippen molar-refractivity contribution in [2.24, 2.45) is 5.73 Å². The number of hydrogen-bond donors (Lipinski definition) is 1. The van der Waals surface area contributed by atoms with E-state index in [4.69, 9.17) is 10.5 Å². The largest absolute Gasteiger partial charge is 0.372 e. The molecule has 3 unspecified atom stereocenters. The fourth-order valence-corrected chi connectivity index (χ4v) is 2.67. The van der Waals surface area contributed by atoms with Crippen molar-refractivity contribution in [3.8, 4) is 0 Å². The summed E-state index contributed by atoms with van der Waals surface area (Å²) in [6.07, 6.45) is 1.07. The average Bonchev–Trinajstić information content (AvgIpc) is 2.46. The van der Waals surface area contributed by atoms with Crippen LogP contribution in [0.4, 0.5) is 0 Å². The maximum atomic E-state index is 12.8. The number of morpholine rings is 1. The summed E-state index contributed by atoms with van der Waals surface area (Å²) >= 11 is 0. The van der Waals surface area contributed by atoms with Gasteiger partial charge in [-0.05, 0) is 25.8 Å². The topological polar surface area (TPSA) is 55.6 Å². The average molecular weight is 313 g/mol. The molecular formula is C16H25ClN2O2. The van der Waals surface area contributed by atoms with Gasteiger partial charge < -0.3 is 15.4 Å². The highest BCUT2D eigenvalue weighted by Crippen LogP contribution is 2.23. The summed E-state index contributed by atoms with van der Waals surface area (Å²) in [4.78, 5) is 14.6. The molecule has 1 aromatic rings. The molecule has 0 bridgehead atoms. The first-order valence-electron chi connectivity index (χ1n) is 7.24. The van der Waals surface area contributed by atoms with E-state index in [0.717, 1.165) is 12.0 Å². The van der Waals surface area contributed by atoms with Crippen molar-refractivity contribution in [1.29, 1.82) is 0 Å². The lowest BCUT2D eigenvalue weighted by atomic mass is 9.91. The van der Waals surface area contributed by atoms with Gasteiger partial charge >= 0.3 is 0 Å². The molecule has 5 heteroatoms. The lowest BCUT2D eigenvalue weighted by molar-refractivity contribution is -0.149. The maximum absolute atomic E-state index is 12.8. The Hall–Kier alpha value is -1.10. The number of amides is 1. The second-order valence-corrected chi connectivity index (χ2v) is 5.76. The Bertz CT molecular complexity index is 465. The minimum absolute atomic E-state index is 0. The van der Waals surface area contributed by atoms with Gasteiger partial charge in [-0.1, -0.05) is 37.3 Å². The molecule has 118 valence electrons. The Kier molecular flexibility index (Phi) is 6.20. The molecule has 1 aliphatic rings. The number of benzene rings is 1. The standard InChI is InChI=1S/C16H24N2O2.ClH/c1-4-14-11-18(10-12(2)20-14)15(19)16(3,17)13-8-6-5-7-9-13;/h5-9,12,14H,4,10-11,17H2,1-3H3;1H. The lowest BCUT2D eigenvalue weighted by Gasteiger charge is -2.40. The van der Waals surface area contributed by atoms with Gasteiger partial charge in [-0.2, -0.15) is 0 Å². The zero-order chi connectivity index (χ0) is 14.8. The van der Waals surface area contributed by atoms with Gasteiger partial charge in [0.2, 0.25) is 5.91 Å². The molecule has 1 saturated heterocycles. The molecule has 21 heavy (non-hydrogen) atoms. The van der Waals surface area contributed by atoms with E-state index in [1.54, 1.807) is 6.92 Å². The number of nitrogens with two attached hydrogens (primary N) is 1. The Morgan fingerprint density at radius 1 is 1.38 bits per heavy atom. The summed E-state index contributed by atoms with van der Waals surface area (Å²) < 4.78 is 5.80. The van der Waals surface area contributed by atoms with E-state index < -0.39 is 5.54 Å². The fraction of sp³-hybridized carbons (Fsp3) is 0.562. The third-order valence-corrected chi connectivity index (χ3v) is 3.89. The molecule has 4 nitrogen and oxygen atoms in total. The van der Waals surface area contributed by atoms with E-state index >= 15 is 0 Å². The molecule has 1 heterocycles. The molecule has 1 amide bonds. The lowest BCUT2D eigenvalue weighted by Crippen LogP contribution is -2.57. The number of ether oxygens (including phenoxy) is 1. The normalized spacial score (nSPS) is 24.9. The Balaban J connectivity index is 0.00000220.